The van der Waals surface area contributed by atoms with Gasteiger partial charge in [-0.25, -0.2) is 8.42 Å². The third-order valence-corrected chi connectivity index (χ3v) is 5.76. The number of nitrogens with one attached hydrogen (secondary N) is 1. The molecule has 0 saturated carbocycles. The summed E-state index contributed by atoms with van der Waals surface area (Å²) in [6.45, 7) is 5.72. The maximum atomic E-state index is 11.6. The van der Waals surface area contributed by atoms with E-state index in [1.807, 2.05) is 0 Å². The Labute approximate surface area is 97.7 Å². The zero-order valence-corrected chi connectivity index (χ0v) is 10.9. The second kappa shape index (κ2) is 3.96. The van der Waals surface area contributed by atoms with Crippen molar-refractivity contribution in [1.82, 2.24) is 5.32 Å². The maximum Gasteiger partial charge on any atom is 0.153 e. The van der Waals surface area contributed by atoms with Crippen LogP contribution in [-0.4, -0.2) is 44.2 Å². The van der Waals surface area contributed by atoms with Gasteiger partial charge >= 0.3 is 0 Å². The van der Waals surface area contributed by atoms with E-state index in [1.54, 1.807) is 0 Å². The van der Waals surface area contributed by atoms with Crippen molar-refractivity contribution in [3.8, 4) is 0 Å². The summed E-state index contributed by atoms with van der Waals surface area (Å²) in [5, 5.41) is 3.36. The van der Waals surface area contributed by atoms with Gasteiger partial charge < -0.3 is 10.1 Å². The van der Waals surface area contributed by atoms with Crippen molar-refractivity contribution in [1.29, 1.82) is 0 Å². The summed E-state index contributed by atoms with van der Waals surface area (Å²) >= 11 is 0. The normalized spacial score (nSPS) is 36.6. The van der Waals surface area contributed by atoms with E-state index >= 15 is 0 Å². The van der Waals surface area contributed by atoms with Crippen molar-refractivity contribution in [2.45, 2.75) is 44.3 Å². The zero-order valence-electron chi connectivity index (χ0n) is 10.1. The number of ether oxygens (including phenoxy) is 1. The van der Waals surface area contributed by atoms with Gasteiger partial charge in [-0.05, 0) is 19.3 Å². The first-order valence-corrected chi connectivity index (χ1v) is 7.88. The predicted octanol–water partition coefficient (Wildman–Crippen LogP) is 0.722. The minimum Gasteiger partial charge on any atom is -0.365 e. The average Bonchev–Trinajstić information content (AvgIpc) is 2.54. The standard InChI is InChI=1S/C11H21NO3S/c1-3-10(4-2)7-12-8-11(15-10)5-6-16(13,14)9-11/h12H,3-9H2,1-2H3. The minimum atomic E-state index is -2.89. The molecule has 16 heavy (non-hydrogen) atoms. The molecule has 0 amide bonds. The van der Waals surface area contributed by atoms with Gasteiger partial charge in [-0.2, -0.15) is 0 Å². The Morgan fingerprint density at radius 1 is 1.25 bits per heavy atom. The Kier molecular flexibility index (Phi) is 3.05. The van der Waals surface area contributed by atoms with E-state index in [9.17, 15) is 8.42 Å². The lowest BCUT2D eigenvalue weighted by Gasteiger charge is -2.46. The lowest BCUT2D eigenvalue weighted by atomic mass is 9.90. The summed E-state index contributed by atoms with van der Waals surface area (Å²) in [6.07, 6.45) is 2.50. The van der Waals surface area contributed by atoms with E-state index in [4.69, 9.17) is 4.74 Å². The highest BCUT2D eigenvalue weighted by molar-refractivity contribution is 7.91. The monoisotopic (exact) mass is 247 g/mol. The van der Waals surface area contributed by atoms with Crippen LogP contribution in [0.3, 0.4) is 0 Å². The van der Waals surface area contributed by atoms with Gasteiger partial charge in [0.2, 0.25) is 0 Å². The first kappa shape index (κ1) is 12.3. The molecular formula is C11H21NO3S. The van der Waals surface area contributed by atoms with Gasteiger partial charge in [0.15, 0.2) is 9.84 Å². The lowest BCUT2D eigenvalue weighted by Crippen LogP contribution is -2.60. The van der Waals surface area contributed by atoms with Crippen LogP contribution in [-0.2, 0) is 14.6 Å². The molecule has 1 unspecified atom stereocenters. The molecule has 4 nitrogen and oxygen atoms in total. The summed E-state index contributed by atoms with van der Waals surface area (Å²) in [5.74, 6) is 0.465. The highest BCUT2D eigenvalue weighted by atomic mass is 32.2. The molecule has 0 aromatic rings. The van der Waals surface area contributed by atoms with E-state index in [2.05, 4.69) is 19.2 Å². The van der Waals surface area contributed by atoms with Crippen molar-refractivity contribution in [3.63, 3.8) is 0 Å². The molecule has 2 fully saturated rings. The third kappa shape index (κ3) is 2.13. The van der Waals surface area contributed by atoms with Crippen LogP contribution in [0.2, 0.25) is 0 Å². The molecule has 2 saturated heterocycles. The second-order valence-electron chi connectivity index (χ2n) is 5.12. The van der Waals surface area contributed by atoms with Gasteiger partial charge in [-0.15, -0.1) is 0 Å². The summed E-state index contributed by atoms with van der Waals surface area (Å²) in [7, 11) is -2.89. The molecule has 0 radical (unpaired) electrons. The molecule has 0 aliphatic carbocycles. The molecule has 2 heterocycles. The maximum absolute atomic E-state index is 11.6. The van der Waals surface area contributed by atoms with Crippen LogP contribution >= 0.6 is 0 Å². The first-order valence-electron chi connectivity index (χ1n) is 6.06. The number of sulfone groups is 1. The molecule has 2 aliphatic rings. The van der Waals surface area contributed by atoms with E-state index < -0.39 is 15.4 Å². The quantitative estimate of drug-likeness (QED) is 0.781. The minimum absolute atomic E-state index is 0.169. The predicted molar refractivity (Wildman–Crippen MR) is 63.3 cm³/mol. The van der Waals surface area contributed by atoms with Gasteiger partial charge in [0.05, 0.1) is 22.7 Å². The SMILES string of the molecule is CCC1(CC)CNCC2(CCS(=O)(=O)C2)O1. The highest BCUT2D eigenvalue weighted by Gasteiger charge is 2.50. The number of rotatable bonds is 2. The van der Waals surface area contributed by atoms with Crippen LogP contribution in [0.5, 0.6) is 0 Å². The van der Waals surface area contributed by atoms with Crippen LogP contribution < -0.4 is 5.32 Å². The summed E-state index contributed by atoms with van der Waals surface area (Å²) in [6, 6.07) is 0. The molecular weight excluding hydrogens is 226 g/mol. The smallest absolute Gasteiger partial charge is 0.153 e. The fourth-order valence-electron chi connectivity index (χ4n) is 2.80. The molecule has 2 rings (SSSR count). The molecule has 1 N–H and O–H groups in total. The van der Waals surface area contributed by atoms with Crippen molar-refractivity contribution in [2.75, 3.05) is 24.6 Å². The molecule has 94 valence electrons. The Morgan fingerprint density at radius 2 is 1.94 bits per heavy atom. The second-order valence-corrected chi connectivity index (χ2v) is 7.30. The number of hydrogen-bond donors (Lipinski definition) is 1. The number of morpholine rings is 1. The zero-order chi connectivity index (χ0) is 11.9. The molecule has 0 aromatic carbocycles. The van der Waals surface area contributed by atoms with E-state index in [-0.39, 0.29) is 17.1 Å². The van der Waals surface area contributed by atoms with Gasteiger partial charge in [-0.3, -0.25) is 0 Å². The first-order chi connectivity index (χ1) is 7.45. The van der Waals surface area contributed by atoms with Crippen LogP contribution in [0.25, 0.3) is 0 Å². The molecule has 0 aromatic heterocycles. The van der Waals surface area contributed by atoms with E-state index in [0.717, 1.165) is 19.4 Å². The lowest BCUT2D eigenvalue weighted by molar-refractivity contribution is -0.169. The van der Waals surface area contributed by atoms with E-state index in [1.165, 1.54) is 0 Å². The molecule has 1 atom stereocenters. The average molecular weight is 247 g/mol. The topological polar surface area (TPSA) is 55.4 Å². The third-order valence-electron chi connectivity index (χ3n) is 3.97. The van der Waals surface area contributed by atoms with Gasteiger partial charge in [0.25, 0.3) is 0 Å². The summed E-state index contributed by atoms with van der Waals surface area (Å²) in [5.41, 5.74) is -0.624. The Morgan fingerprint density at radius 3 is 2.44 bits per heavy atom. The van der Waals surface area contributed by atoms with Gasteiger partial charge in [0, 0.05) is 13.1 Å². The Bertz CT molecular complexity index is 361. The number of hydrogen-bond acceptors (Lipinski definition) is 4. The van der Waals surface area contributed by atoms with Crippen LogP contribution in [0.4, 0.5) is 0 Å². The Balaban J connectivity index is 2.19. The largest absolute Gasteiger partial charge is 0.365 e. The highest BCUT2D eigenvalue weighted by Crippen LogP contribution is 2.36. The molecule has 2 aliphatic heterocycles. The van der Waals surface area contributed by atoms with Crippen molar-refractivity contribution >= 4 is 9.84 Å². The van der Waals surface area contributed by atoms with Crippen molar-refractivity contribution in [3.05, 3.63) is 0 Å². The fraction of sp³-hybridized carbons (Fsp3) is 1.00. The van der Waals surface area contributed by atoms with Crippen molar-refractivity contribution in [2.24, 2.45) is 0 Å². The van der Waals surface area contributed by atoms with Gasteiger partial charge in [-0.1, -0.05) is 13.8 Å². The van der Waals surface area contributed by atoms with E-state index in [0.29, 0.717) is 13.0 Å². The van der Waals surface area contributed by atoms with Crippen LogP contribution in [0.1, 0.15) is 33.1 Å². The molecule has 5 heteroatoms. The molecule has 1 spiro atoms. The fourth-order valence-corrected chi connectivity index (χ4v) is 4.73. The van der Waals surface area contributed by atoms with Crippen LogP contribution in [0, 0.1) is 0 Å². The van der Waals surface area contributed by atoms with Crippen molar-refractivity contribution < 1.29 is 13.2 Å². The van der Waals surface area contributed by atoms with Crippen LogP contribution in [0.15, 0.2) is 0 Å². The Hall–Kier alpha value is -0.130. The summed E-state index contributed by atoms with van der Waals surface area (Å²) < 4.78 is 29.4. The van der Waals surface area contributed by atoms with Gasteiger partial charge in [0.1, 0.15) is 0 Å². The summed E-state index contributed by atoms with van der Waals surface area (Å²) in [4.78, 5) is 0. The molecule has 0 bridgehead atoms.